The van der Waals surface area contributed by atoms with E-state index in [0.29, 0.717) is 11.1 Å². The second-order valence-electron chi connectivity index (χ2n) is 4.56. The Hall–Kier alpha value is -0.620. The van der Waals surface area contributed by atoms with Gasteiger partial charge in [-0.3, -0.25) is 0 Å². The SMILES string of the molecule is CSC1CCC(Nc2ncc(C(F)(F)F)cc2Cl)C1. The minimum Gasteiger partial charge on any atom is -0.366 e. The summed E-state index contributed by atoms with van der Waals surface area (Å²) in [6.45, 7) is 0. The minimum absolute atomic E-state index is 0.0161. The molecule has 0 bridgehead atoms. The molecule has 1 aromatic heterocycles. The highest BCUT2D eigenvalue weighted by atomic mass is 35.5. The fraction of sp³-hybridized carbons (Fsp3) is 0.583. The summed E-state index contributed by atoms with van der Waals surface area (Å²) in [7, 11) is 0. The lowest BCUT2D eigenvalue weighted by Gasteiger charge is -2.15. The first-order valence-electron chi connectivity index (χ1n) is 5.92. The molecule has 0 aromatic carbocycles. The summed E-state index contributed by atoms with van der Waals surface area (Å²) in [5.41, 5.74) is -0.823. The van der Waals surface area contributed by atoms with Gasteiger partial charge in [0.25, 0.3) is 0 Å². The van der Waals surface area contributed by atoms with Crippen molar-refractivity contribution in [2.24, 2.45) is 0 Å². The third-order valence-corrected chi connectivity index (χ3v) is 4.61. The number of nitrogens with one attached hydrogen (secondary N) is 1. The van der Waals surface area contributed by atoms with Crippen LogP contribution in [0.4, 0.5) is 19.0 Å². The second-order valence-corrected chi connectivity index (χ2v) is 6.11. The van der Waals surface area contributed by atoms with Crippen molar-refractivity contribution < 1.29 is 13.2 Å². The van der Waals surface area contributed by atoms with Crippen molar-refractivity contribution in [3.05, 3.63) is 22.8 Å². The van der Waals surface area contributed by atoms with Gasteiger partial charge in [0.1, 0.15) is 5.82 Å². The first kappa shape index (κ1) is 14.8. The van der Waals surface area contributed by atoms with Crippen LogP contribution < -0.4 is 5.32 Å². The van der Waals surface area contributed by atoms with Crippen molar-refractivity contribution in [3.8, 4) is 0 Å². The maximum absolute atomic E-state index is 12.5. The van der Waals surface area contributed by atoms with Gasteiger partial charge in [-0.1, -0.05) is 11.6 Å². The van der Waals surface area contributed by atoms with Crippen LogP contribution >= 0.6 is 23.4 Å². The van der Waals surface area contributed by atoms with Crippen molar-refractivity contribution in [1.29, 1.82) is 0 Å². The highest BCUT2D eigenvalue weighted by Gasteiger charge is 2.32. The molecule has 0 aliphatic heterocycles. The summed E-state index contributed by atoms with van der Waals surface area (Å²) >= 11 is 7.67. The average Bonchev–Trinajstić information content (AvgIpc) is 2.78. The van der Waals surface area contributed by atoms with Gasteiger partial charge >= 0.3 is 6.18 Å². The van der Waals surface area contributed by atoms with Crippen molar-refractivity contribution in [3.63, 3.8) is 0 Å². The highest BCUT2D eigenvalue weighted by Crippen LogP contribution is 2.34. The summed E-state index contributed by atoms with van der Waals surface area (Å²) < 4.78 is 37.4. The molecule has 1 fully saturated rings. The van der Waals surface area contributed by atoms with Gasteiger partial charge in [0.15, 0.2) is 0 Å². The van der Waals surface area contributed by atoms with E-state index in [2.05, 4.69) is 16.6 Å². The molecule has 1 saturated carbocycles. The predicted octanol–water partition coefficient (Wildman–Crippen LogP) is 4.45. The van der Waals surface area contributed by atoms with Gasteiger partial charge in [0.05, 0.1) is 10.6 Å². The number of rotatable bonds is 3. The Labute approximate surface area is 119 Å². The number of hydrogen-bond donors (Lipinski definition) is 1. The number of thioether (sulfide) groups is 1. The van der Waals surface area contributed by atoms with E-state index in [1.165, 1.54) is 0 Å². The monoisotopic (exact) mass is 310 g/mol. The molecule has 0 amide bonds. The molecule has 106 valence electrons. The molecule has 1 N–H and O–H groups in total. The summed E-state index contributed by atoms with van der Waals surface area (Å²) in [5, 5.41) is 3.75. The number of nitrogens with zero attached hydrogens (tertiary/aromatic N) is 1. The van der Waals surface area contributed by atoms with Gasteiger partial charge < -0.3 is 5.32 Å². The molecule has 7 heteroatoms. The molecule has 1 aliphatic carbocycles. The van der Waals surface area contributed by atoms with Crippen LogP contribution in [0.1, 0.15) is 24.8 Å². The van der Waals surface area contributed by atoms with Crippen LogP contribution in [0.3, 0.4) is 0 Å². The maximum Gasteiger partial charge on any atom is 0.417 e. The lowest BCUT2D eigenvalue weighted by molar-refractivity contribution is -0.137. The zero-order valence-corrected chi connectivity index (χ0v) is 11.9. The Morgan fingerprint density at radius 2 is 2.16 bits per heavy atom. The predicted molar refractivity (Wildman–Crippen MR) is 72.8 cm³/mol. The number of pyridine rings is 1. The Kier molecular flexibility index (Phi) is 4.50. The Balaban J connectivity index is 2.06. The zero-order valence-electron chi connectivity index (χ0n) is 10.3. The molecule has 2 nitrogen and oxygen atoms in total. The molecule has 1 aliphatic rings. The van der Waals surface area contributed by atoms with E-state index < -0.39 is 11.7 Å². The van der Waals surface area contributed by atoms with E-state index in [9.17, 15) is 13.2 Å². The molecule has 0 saturated heterocycles. The maximum atomic E-state index is 12.5. The number of alkyl halides is 3. The number of aromatic nitrogens is 1. The van der Waals surface area contributed by atoms with Crippen LogP contribution in [-0.4, -0.2) is 22.5 Å². The molecule has 2 unspecified atom stereocenters. The number of halogens is 4. The summed E-state index contributed by atoms with van der Waals surface area (Å²) in [4.78, 5) is 3.79. The van der Waals surface area contributed by atoms with Crippen LogP contribution in [0.25, 0.3) is 0 Å². The van der Waals surface area contributed by atoms with Crippen molar-refractivity contribution in [1.82, 2.24) is 4.98 Å². The van der Waals surface area contributed by atoms with Gasteiger partial charge in [-0.15, -0.1) is 0 Å². The van der Waals surface area contributed by atoms with Crippen molar-refractivity contribution in [2.75, 3.05) is 11.6 Å². The van der Waals surface area contributed by atoms with E-state index in [1.807, 2.05) is 11.8 Å². The van der Waals surface area contributed by atoms with Crippen LogP contribution in [0, 0.1) is 0 Å². The molecule has 19 heavy (non-hydrogen) atoms. The Morgan fingerprint density at radius 3 is 2.68 bits per heavy atom. The first-order chi connectivity index (χ1) is 8.90. The van der Waals surface area contributed by atoms with Crippen LogP contribution in [0.5, 0.6) is 0 Å². The smallest absolute Gasteiger partial charge is 0.366 e. The fourth-order valence-corrected chi connectivity index (χ4v) is 3.20. The van der Waals surface area contributed by atoms with Crippen LogP contribution in [0.15, 0.2) is 12.3 Å². The lowest BCUT2D eigenvalue weighted by atomic mass is 10.2. The van der Waals surface area contributed by atoms with E-state index >= 15 is 0 Å². The topological polar surface area (TPSA) is 24.9 Å². The van der Waals surface area contributed by atoms with Crippen LogP contribution in [0.2, 0.25) is 5.02 Å². The summed E-state index contributed by atoms with van der Waals surface area (Å²) in [6.07, 6.45) is 1.56. The van der Waals surface area contributed by atoms with E-state index in [0.717, 1.165) is 31.5 Å². The zero-order chi connectivity index (χ0) is 14.0. The third kappa shape index (κ3) is 3.69. The largest absolute Gasteiger partial charge is 0.417 e. The molecular weight excluding hydrogens is 297 g/mol. The van der Waals surface area contributed by atoms with E-state index in [4.69, 9.17) is 11.6 Å². The summed E-state index contributed by atoms with van der Waals surface area (Å²) in [5.74, 6) is 0.335. The summed E-state index contributed by atoms with van der Waals surface area (Å²) in [6, 6.07) is 1.15. The van der Waals surface area contributed by atoms with Crippen molar-refractivity contribution >= 4 is 29.2 Å². The molecule has 1 aromatic rings. The molecule has 2 rings (SSSR count). The van der Waals surface area contributed by atoms with Crippen LogP contribution in [-0.2, 0) is 6.18 Å². The number of anilines is 1. The van der Waals surface area contributed by atoms with Gasteiger partial charge in [-0.25, -0.2) is 4.98 Å². The average molecular weight is 311 g/mol. The second kappa shape index (κ2) is 5.79. The van der Waals surface area contributed by atoms with Gasteiger partial charge in [-0.2, -0.15) is 24.9 Å². The fourth-order valence-electron chi connectivity index (χ4n) is 2.18. The van der Waals surface area contributed by atoms with E-state index in [1.54, 1.807) is 0 Å². The van der Waals surface area contributed by atoms with Gasteiger partial charge in [0, 0.05) is 17.5 Å². The molecule has 2 atom stereocenters. The minimum atomic E-state index is -4.41. The molecular formula is C12H14ClF3N2S. The first-order valence-corrected chi connectivity index (χ1v) is 7.59. The standard InChI is InChI=1S/C12H14ClF3N2S/c1-19-9-3-2-8(5-9)18-11-10(13)4-7(6-17-11)12(14,15)16/h4,6,8-9H,2-3,5H2,1H3,(H,17,18). The lowest BCUT2D eigenvalue weighted by Crippen LogP contribution is -2.17. The quantitative estimate of drug-likeness (QED) is 0.893. The third-order valence-electron chi connectivity index (χ3n) is 3.23. The molecule has 0 radical (unpaired) electrons. The van der Waals surface area contributed by atoms with Gasteiger partial charge in [0.2, 0.25) is 0 Å². The molecule has 1 heterocycles. The van der Waals surface area contributed by atoms with Gasteiger partial charge in [-0.05, 0) is 31.6 Å². The van der Waals surface area contributed by atoms with Crippen molar-refractivity contribution in [2.45, 2.75) is 36.7 Å². The Morgan fingerprint density at radius 1 is 1.42 bits per heavy atom. The normalized spacial score (nSPS) is 23.6. The highest BCUT2D eigenvalue weighted by molar-refractivity contribution is 7.99. The Bertz CT molecular complexity index is 453. The molecule has 0 spiro atoms. The number of hydrogen-bond acceptors (Lipinski definition) is 3. The van der Waals surface area contributed by atoms with E-state index in [-0.39, 0.29) is 11.1 Å².